The van der Waals surface area contributed by atoms with E-state index >= 15 is 0 Å². The van der Waals surface area contributed by atoms with Gasteiger partial charge in [-0.3, -0.25) is 4.79 Å². The summed E-state index contributed by atoms with van der Waals surface area (Å²) in [5, 5.41) is 2.01. The first-order valence-corrected chi connectivity index (χ1v) is 4.01. The fourth-order valence-corrected chi connectivity index (χ4v) is 1.33. The fourth-order valence-electron chi connectivity index (χ4n) is 1.33. The second-order valence-electron chi connectivity index (χ2n) is 2.72. The molecule has 2 nitrogen and oxygen atoms in total. The van der Waals surface area contributed by atoms with Crippen LogP contribution in [0.3, 0.4) is 0 Å². The Morgan fingerprint density at radius 2 is 2.00 bits per heavy atom. The first-order chi connectivity index (χ1) is 5.69. The third-order valence-electron chi connectivity index (χ3n) is 1.90. The molecule has 0 amide bonds. The van der Waals surface area contributed by atoms with Gasteiger partial charge in [0.2, 0.25) is 5.56 Å². The predicted molar refractivity (Wildman–Crippen MR) is 51.3 cm³/mol. The van der Waals surface area contributed by atoms with Gasteiger partial charge in [0, 0.05) is 11.4 Å². The van der Waals surface area contributed by atoms with E-state index in [2.05, 4.69) is 4.98 Å². The van der Waals surface area contributed by atoms with Gasteiger partial charge in [0.25, 0.3) is 0 Å². The summed E-state index contributed by atoms with van der Waals surface area (Å²) in [5.41, 5.74) is 0.987. The summed E-state index contributed by atoms with van der Waals surface area (Å²) in [7, 11) is 0. The lowest BCUT2D eigenvalue weighted by Gasteiger charge is -1.94. The molecule has 0 unspecified atom stereocenters. The molecular formula is C10H13NO. The van der Waals surface area contributed by atoms with Crippen LogP contribution >= 0.6 is 0 Å². The van der Waals surface area contributed by atoms with E-state index in [4.69, 9.17) is 0 Å². The molecule has 0 fully saturated rings. The van der Waals surface area contributed by atoms with Crippen molar-refractivity contribution < 1.29 is 0 Å². The molecule has 0 atom stereocenters. The number of hydrogen-bond acceptors (Lipinski definition) is 1. The van der Waals surface area contributed by atoms with Crippen molar-refractivity contribution in [1.82, 2.24) is 4.98 Å². The molecule has 1 N–H and O–H groups in total. The average molecular weight is 163 g/mol. The first-order valence-electron chi connectivity index (χ1n) is 4.01. The molecule has 0 aromatic carbocycles. The fraction of sp³-hybridized carbons (Fsp3) is 0.300. The summed E-state index contributed by atoms with van der Waals surface area (Å²) in [4.78, 5) is 13.8. The van der Waals surface area contributed by atoms with Gasteiger partial charge >= 0.3 is 0 Å². The van der Waals surface area contributed by atoms with Crippen LogP contribution in [0.15, 0.2) is 10.9 Å². The Balaban J connectivity index is 3.82. The van der Waals surface area contributed by atoms with Gasteiger partial charge in [0.15, 0.2) is 0 Å². The van der Waals surface area contributed by atoms with Gasteiger partial charge in [-0.1, -0.05) is 12.2 Å². The molecule has 2 heteroatoms. The molecule has 0 bridgehead atoms. The molecule has 0 radical (unpaired) electrons. The molecule has 0 saturated heterocycles. The number of H-pyrrole nitrogens is 1. The number of aromatic nitrogens is 1. The zero-order valence-electron chi connectivity index (χ0n) is 7.64. The van der Waals surface area contributed by atoms with Crippen LogP contribution in [0.2, 0.25) is 0 Å². The lowest BCUT2D eigenvalue weighted by Crippen LogP contribution is -2.35. The Hall–Kier alpha value is -1.31. The Morgan fingerprint density at radius 3 is 2.50 bits per heavy atom. The Labute approximate surface area is 71.3 Å². The third kappa shape index (κ3) is 1.47. The predicted octanol–water partition coefficient (Wildman–Crippen LogP) is 0.284. The molecule has 0 saturated carbocycles. The van der Waals surface area contributed by atoms with Crippen molar-refractivity contribution in [3.05, 3.63) is 32.6 Å². The third-order valence-corrected chi connectivity index (χ3v) is 1.90. The molecular weight excluding hydrogens is 150 g/mol. The van der Waals surface area contributed by atoms with Crippen LogP contribution in [0.1, 0.15) is 19.4 Å². The minimum Gasteiger partial charge on any atom is -0.322 e. The van der Waals surface area contributed by atoms with Crippen molar-refractivity contribution in [2.75, 3.05) is 0 Å². The first kappa shape index (κ1) is 8.78. The monoisotopic (exact) mass is 163 g/mol. The van der Waals surface area contributed by atoms with Crippen LogP contribution in [0.25, 0.3) is 12.2 Å². The molecule has 0 aliphatic carbocycles. The SMILES string of the molecule is C/C=c1/c(C)cc(=O)[nH]/c1=C/C. The maximum Gasteiger partial charge on any atom is 0.248 e. The highest BCUT2D eigenvalue weighted by Crippen LogP contribution is 1.76. The highest BCUT2D eigenvalue weighted by Gasteiger charge is 1.91. The van der Waals surface area contributed by atoms with Crippen molar-refractivity contribution in [2.24, 2.45) is 0 Å². The van der Waals surface area contributed by atoms with Gasteiger partial charge in [-0.2, -0.15) is 0 Å². The van der Waals surface area contributed by atoms with Gasteiger partial charge < -0.3 is 4.98 Å². The Morgan fingerprint density at radius 1 is 1.33 bits per heavy atom. The van der Waals surface area contributed by atoms with Crippen molar-refractivity contribution in [3.63, 3.8) is 0 Å². The quantitative estimate of drug-likeness (QED) is 0.585. The highest BCUT2D eigenvalue weighted by molar-refractivity contribution is 5.29. The summed E-state index contributed by atoms with van der Waals surface area (Å²) in [5.74, 6) is 0. The standard InChI is InChI=1S/C10H13NO/c1-4-8-7(3)6-10(12)11-9(8)5-2/h4-6H,1-3H3,(H,11,12)/b8-4-,9-5+. The van der Waals surface area contributed by atoms with Gasteiger partial charge in [0.1, 0.15) is 0 Å². The summed E-state index contributed by atoms with van der Waals surface area (Å²) in [6, 6.07) is 1.61. The van der Waals surface area contributed by atoms with E-state index in [0.29, 0.717) is 0 Å². The summed E-state index contributed by atoms with van der Waals surface area (Å²) in [6.45, 7) is 5.82. The van der Waals surface area contributed by atoms with Crippen molar-refractivity contribution in [2.45, 2.75) is 20.8 Å². The van der Waals surface area contributed by atoms with E-state index in [0.717, 1.165) is 16.1 Å². The Bertz CT molecular complexity index is 440. The van der Waals surface area contributed by atoms with Crippen molar-refractivity contribution >= 4 is 12.2 Å². The Kier molecular flexibility index (Phi) is 2.48. The van der Waals surface area contributed by atoms with E-state index in [1.54, 1.807) is 6.07 Å². The number of pyridine rings is 1. The molecule has 1 aromatic heterocycles. The summed E-state index contributed by atoms with van der Waals surface area (Å²) < 4.78 is 0. The van der Waals surface area contributed by atoms with E-state index in [-0.39, 0.29) is 5.56 Å². The number of hydrogen-bond donors (Lipinski definition) is 1. The van der Waals surface area contributed by atoms with Crippen LogP contribution < -0.4 is 16.1 Å². The van der Waals surface area contributed by atoms with E-state index < -0.39 is 0 Å². The summed E-state index contributed by atoms with van der Waals surface area (Å²) >= 11 is 0. The van der Waals surface area contributed by atoms with E-state index in [1.165, 1.54) is 0 Å². The number of rotatable bonds is 0. The molecule has 0 aliphatic rings. The van der Waals surface area contributed by atoms with Crippen LogP contribution in [0, 0.1) is 6.92 Å². The maximum absolute atomic E-state index is 11.0. The molecule has 0 spiro atoms. The number of aryl methyl sites for hydroxylation is 1. The second kappa shape index (κ2) is 3.39. The second-order valence-corrected chi connectivity index (χ2v) is 2.72. The van der Waals surface area contributed by atoms with Gasteiger partial charge in [0.05, 0.1) is 0 Å². The lowest BCUT2D eigenvalue weighted by molar-refractivity contribution is 1.12. The lowest BCUT2D eigenvalue weighted by atomic mass is 10.2. The average Bonchev–Trinajstić information content (AvgIpc) is 2.03. The van der Waals surface area contributed by atoms with E-state index in [9.17, 15) is 4.79 Å². The van der Waals surface area contributed by atoms with Crippen LogP contribution in [0.4, 0.5) is 0 Å². The van der Waals surface area contributed by atoms with Crippen molar-refractivity contribution in [1.29, 1.82) is 0 Å². The minimum absolute atomic E-state index is 0.0359. The van der Waals surface area contributed by atoms with Crippen LogP contribution in [-0.4, -0.2) is 4.98 Å². The molecule has 64 valence electrons. The van der Waals surface area contributed by atoms with Crippen LogP contribution in [0.5, 0.6) is 0 Å². The minimum atomic E-state index is -0.0359. The normalized spacial score (nSPS) is 13.9. The van der Waals surface area contributed by atoms with E-state index in [1.807, 2.05) is 32.9 Å². The molecule has 12 heavy (non-hydrogen) atoms. The number of aromatic amines is 1. The maximum atomic E-state index is 11.0. The van der Waals surface area contributed by atoms with Gasteiger partial charge in [-0.05, 0) is 31.6 Å². The molecule has 1 heterocycles. The molecule has 1 aromatic rings. The number of nitrogens with one attached hydrogen (secondary N) is 1. The van der Waals surface area contributed by atoms with Crippen molar-refractivity contribution in [3.8, 4) is 0 Å². The topological polar surface area (TPSA) is 32.9 Å². The smallest absolute Gasteiger partial charge is 0.248 e. The zero-order valence-corrected chi connectivity index (χ0v) is 7.64. The summed E-state index contributed by atoms with van der Waals surface area (Å²) in [6.07, 6.45) is 3.91. The largest absolute Gasteiger partial charge is 0.322 e. The van der Waals surface area contributed by atoms with Crippen LogP contribution in [-0.2, 0) is 0 Å². The van der Waals surface area contributed by atoms with Gasteiger partial charge in [-0.15, -0.1) is 0 Å². The molecule has 1 rings (SSSR count). The zero-order chi connectivity index (χ0) is 9.14. The highest BCUT2D eigenvalue weighted by atomic mass is 16.1. The van der Waals surface area contributed by atoms with Gasteiger partial charge in [-0.25, -0.2) is 0 Å². The molecule has 0 aliphatic heterocycles.